The van der Waals surface area contributed by atoms with Gasteiger partial charge in [0.05, 0.1) is 0 Å². The SMILES string of the molecule is CC.CC(=O)c1cc(C)cc(F)c1.Cc1ccc(C=N)c2ccccc12. The number of fused-ring (bicyclic) bond motifs is 1. The van der Waals surface area contributed by atoms with E-state index in [9.17, 15) is 9.18 Å². The van der Waals surface area contributed by atoms with Gasteiger partial charge in [-0.3, -0.25) is 4.79 Å². The molecule has 0 unspecified atom stereocenters. The molecule has 0 saturated heterocycles. The minimum Gasteiger partial charge on any atom is -0.308 e. The number of carbonyl (C=O) groups excluding carboxylic acids is 1. The van der Waals surface area contributed by atoms with Crippen molar-refractivity contribution >= 4 is 22.8 Å². The van der Waals surface area contributed by atoms with E-state index >= 15 is 0 Å². The van der Waals surface area contributed by atoms with Crippen LogP contribution in [0.5, 0.6) is 0 Å². The van der Waals surface area contributed by atoms with Gasteiger partial charge >= 0.3 is 0 Å². The fourth-order valence-electron chi connectivity index (χ4n) is 2.54. The molecule has 0 aliphatic heterocycles. The van der Waals surface area contributed by atoms with Crippen molar-refractivity contribution < 1.29 is 9.18 Å². The van der Waals surface area contributed by atoms with E-state index < -0.39 is 0 Å². The largest absolute Gasteiger partial charge is 0.308 e. The van der Waals surface area contributed by atoms with Crippen LogP contribution in [0.15, 0.2) is 54.6 Å². The molecule has 0 amide bonds. The maximum Gasteiger partial charge on any atom is 0.159 e. The van der Waals surface area contributed by atoms with E-state index in [2.05, 4.69) is 25.1 Å². The summed E-state index contributed by atoms with van der Waals surface area (Å²) in [5, 5.41) is 9.67. The van der Waals surface area contributed by atoms with Gasteiger partial charge in [-0.15, -0.1) is 0 Å². The second-order valence-electron chi connectivity index (χ2n) is 5.74. The van der Waals surface area contributed by atoms with Gasteiger partial charge in [0.1, 0.15) is 5.82 Å². The van der Waals surface area contributed by atoms with Gasteiger partial charge in [-0.05, 0) is 66.4 Å². The van der Waals surface area contributed by atoms with Gasteiger partial charge in [-0.25, -0.2) is 4.39 Å². The molecule has 0 fully saturated rings. The lowest BCUT2D eigenvalue weighted by Crippen LogP contribution is -1.93. The number of aryl methyl sites for hydroxylation is 2. The van der Waals surface area contributed by atoms with Crippen LogP contribution in [-0.4, -0.2) is 12.0 Å². The number of rotatable bonds is 2. The van der Waals surface area contributed by atoms with E-state index in [1.54, 1.807) is 13.0 Å². The molecule has 0 bridgehead atoms. The quantitative estimate of drug-likeness (QED) is 0.415. The summed E-state index contributed by atoms with van der Waals surface area (Å²) in [5.74, 6) is -0.456. The first-order valence-electron chi connectivity index (χ1n) is 8.69. The summed E-state index contributed by atoms with van der Waals surface area (Å²) in [5.41, 5.74) is 3.46. The van der Waals surface area contributed by atoms with E-state index in [-0.39, 0.29) is 11.6 Å². The van der Waals surface area contributed by atoms with Crippen molar-refractivity contribution in [3.8, 4) is 0 Å². The molecule has 0 saturated carbocycles. The van der Waals surface area contributed by atoms with Crippen molar-refractivity contribution in [2.75, 3.05) is 0 Å². The highest BCUT2D eigenvalue weighted by atomic mass is 19.1. The first kappa shape index (κ1) is 21.2. The first-order chi connectivity index (χ1) is 12.4. The molecule has 3 aromatic rings. The molecule has 0 radical (unpaired) electrons. The molecular weight excluding hydrogens is 325 g/mol. The topological polar surface area (TPSA) is 40.9 Å². The van der Waals surface area contributed by atoms with Gasteiger partial charge in [-0.2, -0.15) is 0 Å². The van der Waals surface area contributed by atoms with Crippen LogP contribution in [0.25, 0.3) is 10.8 Å². The summed E-state index contributed by atoms with van der Waals surface area (Å²) < 4.78 is 12.6. The number of carbonyl (C=O) groups is 1. The molecule has 0 atom stereocenters. The maximum atomic E-state index is 12.6. The van der Waals surface area contributed by atoms with Gasteiger partial charge in [0.15, 0.2) is 5.78 Å². The van der Waals surface area contributed by atoms with Crippen LogP contribution in [0.3, 0.4) is 0 Å². The molecular formula is C23H26FNO. The predicted octanol–water partition coefficient (Wildman–Crippen LogP) is 6.51. The standard InChI is InChI=1S/C12H11N.C9H9FO.C2H6/c1-9-6-7-10(8-13)12-5-3-2-4-11(9)12;1-6-3-8(7(2)11)5-9(10)4-6;1-2/h2-8,13H,1H3;3-5H,1-2H3;1-2H3. The maximum absolute atomic E-state index is 12.6. The third kappa shape index (κ3) is 5.62. The zero-order valence-electron chi connectivity index (χ0n) is 16.1. The van der Waals surface area contributed by atoms with Crippen molar-refractivity contribution in [1.82, 2.24) is 0 Å². The number of ketones is 1. The first-order valence-corrected chi connectivity index (χ1v) is 8.69. The minimum atomic E-state index is -0.352. The predicted molar refractivity (Wildman–Crippen MR) is 109 cm³/mol. The second-order valence-corrected chi connectivity index (χ2v) is 5.74. The summed E-state index contributed by atoms with van der Waals surface area (Å²) in [6, 6.07) is 16.6. The van der Waals surface area contributed by atoms with Gasteiger partial charge in [0.2, 0.25) is 0 Å². The van der Waals surface area contributed by atoms with Crippen LogP contribution in [-0.2, 0) is 0 Å². The Hall–Kier alpha value is -2.81. The Morgan fingerprint density at radius 2 is 1.58 bits per heavy atom. The summed E-state index contributed by atoms with van der Waals surface area (Å²) in [7, 11) is 0. The Morgan fingerprint density at radius 3 is 2.12 bits per heavy atom. The lowest BCUT2D eigenvalue weighted by molar-refractivity contribution is 0.101. The Bertz CT molecular complexity index is 880. The van der Waals surface area contributed by atoms with Gasteiger partial charge in [0.25, 0.3) is 0 Å². The van der Waals surface area contributed by atoms with Crippen LogP contribution in [0.4, 0.5) is 4.39 Å². The van der Waals surface area contributed by atoms with Crippen LogP contribution in [0.2, 0.25) is 0 Å². The smallest absolute Gasteiger partial charge is 0.159 e. The molecule has 26 heavy (non-hydrogen) atoms. The average Bonchev–Trinajstić information content (AvgIpc) is 2.64. The molecule has 3 aromatic carbocycles. The lowest BCUT2D eigenvalue weighted by atomic mass is 10.0. The number of hydrogen-bond acceptors (Lipinski definition) is 2. The van der Waals surface area contributed by atoms with Crippen molar-refractivity contribution in [1.29, 1.82) is 5.41 Å². The van der Waals surface area contributed by atoms with Crippen molar-refractivity contribution in [2.24, 2.45) is 0 Å². The fraction of sp³-hybridized carbons (Fsp3) is 0.217. The van der Waals surface area contributed by atoms with Crippen LogP contribution < -0.4 is 0 Å². The van der Waals surface area contributed by atoms with E-state index in [0.29, 0.717) is 5.56 Å². The molecule has 136 valence electrons. The zero-order valence-corrected chi connectivity index (χ0v) is 16.1. The highest BCUT2D eigenvalue weighted by Gasteiger charge is 2.01. The Kier molecular flexibility index (Phi) is 8.36. The van der Waals surface area contributed by atoms with Crippen molar-refractivity contribution in [3.05, 3.63) is 82.7 Å². The fourth-order valence-corrected chi connectivity index (χ4v) is 2.54. The molecule has 2 nitrogen and oxygen atoms in total. The summed E-state index contributed by atoms with van der Waals surface area (Å²) in [4.78, 5) is 10.8. The normalized spacial score (nSPS) is 9.46. The number of nitrogens with one attached hydrogen (secondary N) is 1. The minimum absolute atomic E-state index is 0.104. The molecule has 3 heteroatoms. The van der Waals surface area contributed by atoms with E-state index in [4.69, 9.17) is 5.41 Å². The molecule has 1 N–H and O–H groups in total. The van der Waals surface area contributed by atoms with Gasteiger partial charge in [0, 0.05) is 11.8 Å². The van der Waals surface area contributed by atoms with Crippen LogP contribution in [0.1, 0.15) is 47.8 Å². The van der Waals surface area contributed by atoms with Gasteiger partial charge in [-0.1, -0.05) is 50.2 Å². The molecule has 0 aliphatic rings. The number of halogens is 1. The second kappa shape index (κ2) is 10.2. The van der Waals surface area contributed by atoms with E-state index in [1.807, 2.05) is 32.0 Å². The van der Waals surface area contributed by atoms with E-state index in [1.165, 1.54) is 36.2 Å². The summed E-state index contributed by atoms with van der Waals surface area (Å²) in [6.07, 6.45) is 1.40. The third-order valence-electron chi connectivity index (χ3n) is 3.78. The zero-order chi connectivity index (χ0) is 19.7. The van der Waals surface area contributed by atoms with Crippen LogP contribution >= 0.6 is 0 Å². The van der Waals surface area contributed by atoms with Crippen molar-refractivity contribution in [3.63, 3.8) is 0 Å². The Balaban J connectivity index is 0.000000241. The van der Waals surface area contributed by atoms with Gasteiger partial charge < -0.3 is 5.41 Å². The number of benzene rings is 3. The summed E-state index contributed by atoms with van der Waals surface area (Å²) in [6.45, 7) is 9.28. The lowest BCUT2D eigenvalue weighted by Gasteiger charge is -2.03. The molecule has 0 aromatic heterocycles. The molecule has 3 rings (SSSR count). The van der Waals surface area contributed by atoms with E-state index in [0.717, 1.165) is 16.5 Å². The molecule has 0 aliphatic carbocycles. The van der Waals surface area contributed by atoms with Crippen molar-refractivity contribution in [2.45, 2.75) is 34.6 Å². The molecule has 0 spiro atoms. The van der Waals surface area contributed by atoms with Crippen LogP contribution in [0, 0.1) is 25.1 Å². The highest BCUT2D eigenvalue weighted by Crippen LogP contribution is 2.20. The highest BCUT2D eigenvalue weighted by molar-refractivity contribution is 6.00. The number of Topliss-reactive ketones (excluding diaryl/α,β-unsaturated/α-hetero) is 1. The average molecular weight is 351 g/mol. The monoisotopic (exact) mass is 351 g/mol. The molecule has 0 heterocycles. The number of hydrogen-bond donors (Lipinski definition) is 1. The third-order valence-corrected chi connectivity index (χ3v) is 3.78. The Morgan fingerprint density at radius 1 is 0.962 bits per heavy atom. The summed E-state index contributed by atoms with van der Waals surface area (Å²) >= 11 is 0. The Labute approximate surface area is 155 Å².